The van der Waals surface area contributed by atoms with Gasteiger partial charge in [0, 0.05) is 35.7 Å². The lowest BCUT2D eigenvalue weighted by Gasteiger charge is -2.25. The minimum absolute atomic E-state index is 0.125. The largest absolute Gasteiger partial charge is 0.494 e. The van der Waals surface area contributed by atoms with Crippen LogP contribution in [0.5, 0.6) is 5.75 Å². The van der Waals surface area contributed by atoms with Crippen LogP contribution in [0.25, 0.3) is 10.9 Å². The molecule has 34 heavy (non-hydrogen) atoms. The van der Waals surface area contributed by atoms with E-state index in [1.165, 1.54) is 0 Å². The van der Waals surface area contributed by atoms with E-state index in [0.29, 0.717) is 18.7 Å². The van der Waals surface area contributed by atoms with Gasteiger partial charge in [-0.25, -0.2) is 13.4 Å². The van der Waals surface area contributed by atoms with Crippen LogP contribution in [0.2, 0.25) is 0 Å². The molecule has 1 aliphatic heterocycles. The second-order valence-electron chi connectivity index (χ2n) is 9.07. The average Bonchev–Trinajstić information content (AvgIpc) is 3.62. The van der Waals surface area contributed by atoms with Crippen LogP contribution in [0, 0.1) is 5.92 Å². The van der Waals surface area contributed by atoms with E-state index >= 15 is 0 Å². The Morgan fingerprint density at radius 2 is 1.85 bits per heavy atom. The minimum atomic E-state index is -3.74. The van der Waals surface area contributed by atoms with Gasteiger partial charge in [-0.05, 0) is 74.9 Å². The fourth-order valence-corrected chi connectivity index (χ4v) is 5.89. The van der Waals surface area contributed by atoms with Gasteiger partial charge in [-0.15, -0.1) is 4.83 Å². The number of hydrogen-bond acceptors (Lipinski definition) is 6. The third-order valence-corrected chi connectivity index (χ3v) is 7.92. The predicted octanol–water partition coefficient (Wildman–Crippen LogP) is 4.34. The molecule has 1 atom stereocenters. The van der Waals surface area contributed by atoms with Crippen LogP contribution in [-0.4, -0.2) is 43.4 Å². The van der Waals surface area contributed by atoms with Crippen LogP contribution in [0.3, 0.4) is 0 Å². The molecule has 1 aromatic heterocycles. The maximum Gasteiger partial charge on any atom is 0.255 e. The summed E-state index contributed by atoms with van der Waals surface area (Å²) in [6.07, 6.45) is 7.13. The molecule has 1 saturated carbocycles. The van der Waals surface area contributed by atoms with Crippen LogP contribution in [-0.2, 0) is 10.0 Å². The molecular weight excluding hydrogens is 450 g/mol. The fraction of sp³-hybridized carbons (Fsp3) is 0.385. The van der Waals surface area contributed by atoms with Gasteiger partial charge >= 0.3 is 0 Å². The Kier molecular flexibility index (Phi) is 6.63. The zero-order valence-corrected chi connectivity index (χ0v) is 19.8. The number of fused-ring (bicyclic) bond motifs is 1. The van der Waals surface area contributed by atoms with Crippen molar-refractivity contribution in [3.8, 4) is 5.75 Å². The number of sulfonamides is 1. The number of hydrazine groups is 1. The summed E-state index contributed by atoms with van der Waals surface area (Å²) in [5.41, 5.74) is 1.23. The molecule has 2 aliphatic rings. The smallest absolute Gasteiger partial charge is 0.255 e. The summed E-state index contributed by atoms with van der Waals surface area (Å²) in [6.45, 7) is 1.22. The van der Waals surface area contributed by atoms with Gasteiger partial charge in [0.05, 0.1) is 12.1 Å². The van der Waals surface area contributed by atoms with Crippen molar-refractivity contribution >= 4 is 26.7 Å². The molecule has 1 aliphatic carbocycles. The molecular formula is C26H29N3O4S. The van der Waals surface area contributed by atoms with E-state index in [1.54, 1.807) is 24.4 Å². The van der Waals surface area contributed by atoms with Gasteiger partial charge in [-0.3, -0.25) is 9.78 Å². The molecule has 0 spiro atoms. The first-order chi connectivity index (χ1) is 16.5. The van der Waals surface area contributed by atoms with Gasteiger partial charge in [-0.2, -0.15) is 0 Å². The van der Waals surface area contributed by atoms with Crippen molar-refractivity contribution in [1.29, 1.82) is 0 Å². The van der Waals surface area contributed by atoms with Gasteiger partial charge in [0.15, 0.2) is 5.78 Å². The quantitative estimate of drug-likeness (QED) is 0.344. The highest BCUT2D eigenvalue weighted by atomic mass is 32.2. The van der Waals surface area contributed by atoms with E-state index < -0.39 is 10.0 Å². The summed E-state index contributed by atoms with van der Waals surface area (Å²) < 4.78 is 32.1. The molecule has 0 amide bonds. The molecule has 3 aromatic rings. The van der Waals surface area contributed by atoms with Crippen LogP contribution < -0.4 is 9.57 Å². The van der Waals surface area contributed by atoms with Gasteiger partial charge in [0.25, 0.3) is 10.0 Å². The zero-order valence-electron chi connectivity index (χ0n) is 19.0. The standard InChI is InChI=1S/C26H29N3O4S/c30-26(20-10-11-20)21-12-14-23(15-13-21)33-18-4-8-22-7-3-17-29(22)28-34(31,32)24-9-1-5-19-6-2-16-27-25(19)24/h1-2,5-6,9,12-16,20,22,28H,3-4,7-8,10-11,17-18H2. The number of nitrogens with one attached hydrogen (secondary N) is 1. The molecule has 0 radical (unpaired) electrons. The lowest BCUT2D eigenvalue weighted by atomic mass is 10.1. The molecule has 5 rings (SSSR count). The van der Waals surface area contributed by atoms with Crippen molar-refractivity contribution in [2.45, 2.75) is 49.5 Å². The Labute approximate surface area is 200 Å². The van der Waals surface area contributed by atoms with Crippen molar-refractivity contribution < 1.29 is 17.9 Å². The first-order valence-corrected chi connectivity index (χ1v) is 13.4. The van der Waals surface area contributed by atoms with Gasteiger partial charge < -0.3 is 4.74 Å². The van der Waals surface area contributed by atoms with Crippen LogP contribution in [0.15, 0.2) is 65.7 Å². The minimum Gasteiger partial charge on any atom is -0.494 e. The van der Waals surface area contributed by atoms with Crippen molar-refractivity contribution in [1.82, 2.24) is 14.8 Å². The van der Waals surface area contributed by atoms with E-state index in [2.05, 4.69) is 9.82 Å². The van der Waals surface area contributed by atoms with E-state index in [9.17, 15) is 13.2 Å². The number of pyridine rings is 1. The summed E-state index contributed by atoms with van der Waals surface area (Å²) in [6, 6.07) is 16.4. The Morgan fingerprint density at radius 1 is 1.06 bits per heavy atom. The number of rotatable bonds is 10. The molecule has 178 valence electrons. The van der Waals surface area contributed by atoms with Crippen LogP contribution in [0.1, 0.15) is 48.9 Å². The highest BCUT2D eigenvalue weighted by Gasteiger charge is 2.31. The van der Waals surface area contributed by atoms with E-state index in [1.807, 2.05) is 41.4 Å². The molecule has 1 saturated heterocycles. The van der Waals surface area contributed by atoms with E-state index in [4.69, 9.17) is 4.74 Å². The molecule has 2 heterocycles. The SMILES string of the molecule is O=C(c1ccc(OCCCC2CCCN2NS(=O)(=O)c2cccc3cccnc23)cc1)C1CC1. The Morgan fingerprint density at radius 3 is 2.65 bits per heavy atom. The van der Waals surface area contributed by atoms with Crippen molar-refractivity contribution in [2.24, 2.45) is 5.92 Å². The lowest BCUT2D eigenvalue weighted by Crippen LogP contribution is -2.45. The first kappa shape index (κ1) is 23.0. The number of aromatic nitrogens is 1. The molecule has 0 bridgehead atoms. The number of hydrogen-bond donors (Lipinski definition) is 1. The highest BCUT2D eigenvalue weighted by molar-refractivity contribution is 7.89. The Bertz CT molecular complexity index is 1270. The van der Waals surface area contributed by atoms with Crippen molar-refractivity contribution in [2.75, 3.05) is 13.2 Å². The topological polar surface area (TPSA) is 88.6 Å². The zero-order chi connectivity index (χ0) is 23.5. The van der Waals surface area contributed by atoms with E-state index in [-0.39, 0.29) is 22.6 Å². The maximum absolute atomic E-state index is 13.1. The first-order valence-electron chi connectivity index (χ1n) is 11.9. The number of carbonyl (C=O) groups excluding carboxylic acids is 1. The molecule has 1 N–H and O–H groups in total. The fourth-order valence-electron chi connectivity index (χ4n) is 4.56. The summed E-state index contributed by atoms with van der Waals surface area (Å²) >= 11 is 0. The Balaban J connectivity index is 1.14. The number of para-hydroxylation sites is 1. The second-order valence-corrected chi connectivity index (χ2v) is 10.7. The second kappa shape index (κ2) is 9.82. The highest BCUT2D eigenvalue weighted by Crippen LogP contribution is 2.33. The summed E-state index contributed by atoms with van der Waals surface area (Å²) in [5.74, 6) is 1.20. The molecule has 7 nitrogen and oxygen atoms in total. The number of Topliss-reactive ketones (excluding diaryl/α,β-unsaturated/α-hetero) is 1. The average molecular weight is 480 g/mol. The van der Waals surface area contributed by atoms with Crippen molar-refractivity contribution in [3.05, 3.63) is 66.4 Å². The molecule has 2 aromatic carbocycles. The van der Waals surface area contributed by atoms with Crippen molar-refractivity contribution in [3.63, 3.8) is 0 Å². The number of nitrogens with zero attached hydrogens (tertiary/aromatic N) is 2. The summed E-state index contributed by atoms with van der Waals surface area (Å²) in [5, 5.41) is 2.64. The third-order valence-electron chi connectivity index (χ3n) is 6.54. The summed E-state index contributed by atoms with van der Waals surface area (Å²) in [7, 11) is -3.74. The van der Waals surface area contributed by atoms with Gasteiger partial charge in [0.1, 0.15) is 10.6 Å². The summed E-state index contributed by atoms with van der Waals surface area (Å²) in [4.78, 5) is 19.4. The molecule has 8 heteroatoms. The monoisotopic (exact) mass is 479 g/mol. The normalized spacial score (nSPS) is 18.9. The van der Waals surface area contributed by atoms with Gasteiger partial charge in [-0.1, -0.05) is 18.2 Å². The molecule has 2 fully saturated rings. The number of ether oxygens (including phenoxy) is 1. The third kappa shape index (κ3) is 5.14. The maximum atomic E-state index is 13.1. The predicted molar refractivity (Wildman–Crippen MR) is 130 cm³/mol. The number of ketones is 1. The van der Waals surface area contributed by atoms with E-state index in [0.717, 1.165) is 55.2 Å². The molecule has 1 unspecified atom stereocenters. The van der Waals surface area contributed by atoms with Crippen LogP contribution >= 0.6 is 0 Å². The number of benzene rings is 2. The number of carbonyl (C=O) groups is 1. The van der Waals surface area contributed by atoms with Gasteiger partial charge in [0.2, 0.25) is 0 Å². The lowest BCUT2D eigenvalue weighted by molar-refractivity contribution is 0.0967. The van der Waals surface area contributed by atoms with Crippen LogP contribution in [0.4, 0.5) is 0 Å². The Hall–Kier alpha value is -2.81.